The third kappa shape index (κ3) is 2.12. The van der Waals surface area contributed by atoms with Gasteiger partial charge in [-0.05, 0) is 29.9 Å². The lowest BCUT2D eigenvalue weighted by molar-refractivity contribution is 0.0697. The number of hydrogen-bond donors (Lipinski definition) is 2. The minimum atomic E-state index is -0.959. The lowest BCUT2D eigenvalue weighted by Gasteiger charge is -2.08. The van der Waals surface area contributed by atoms with Crippen molar-refractivity contribution in [2.24, 2.45) is 0 Å². The maximum atomic E-state index is 11.3. The number of aromatic nitrogens is 1. The molecule has 2 N–H and O–H groups in total. The Morgan fingerprint density at radius 3 is 2.75 bits per heavy atom. The van der Waals surface area contributed by atoms with Crippen molar-refractivity contribution in [1.82, 2.24) is 4.37 Å². The summed E-state index contributed by atoms with van der Waals surface area (Å²) in [5, 5.41) is 15.2. The van der Waals surface area contributed by atoms with Crippen LogP contribution in [0.15, 0.2) is 42.5 Å². The Kier molecular flexibility index (Phi) is 3.12. The van der Waals surface area contributed by atoms with Gasteiger partial charge in [0.15, 0.2) is 0 Å². The molecule has 3 aromatic rings. The van der Waals surface area contributed by atoms with Crippen LogP contribution < -0.4 is 5.32 Å². The minimum Gasteiger partial charge on any atom is -0.478 e. The van der Waals surface area contributed by atoms with Gasteiger partial charge in [0, 0.05) is 11.1 Å². The van der Waals surface area contributed by atoms with E-state index in [1.165, 1.54) is 11.5 Å². The summed E-state index contributed by atoms with van der Waals surface area (Å²) in [5.41, 5.74) is 1.66. The second-order valence-corrected chi connectivity index (χ2v) is 5.20. The van der Waals surface area contributed by atoms with E-state index in [1.807, 2.05) is 42.5 Å². The van der Waals surface area contributed by atoms with Gasteiger partial charge in [0.05, 0.1) is 5.69 Å². The van der Waals surface area contributed by atoms with Crippen LogP contribution in [0.25, 0.3) is 10.8 Å². The number of aromatic carboxylic acids is 1. The van der Waals surface area contributed by atoms with Crippen LogP contribution in [0.1, 0.15) is 16.1 Å². The molecule has 1 aromatic heterocycles. The Morgan fingerprint density at radius 2 is 1.95 bits per heavy atom. The Bertz CT molecular complexity index is 790. The second kappa shape index (κ2) is 4.94. The maximum Gasteiger partial charge on any atom is 0.340 e. The Balaban J connectivity index is 2.08. The summed E-state index contributed by atoms with van der Waals surface area (Å²) in [4.78, 5) is 11.3. The standard InChI is InChI=1S/C15H12N2O2S/c1-9-13(15(18)19)14(20-17-9)16-12-8-4-6-10-5-2-3-7-11(10)12/h2-8,16H,1H3,(H,18,19). The fourth-order valence-electron chi connectivity index (χ4n) is 2.16. The highest BCUT2D eigenvalue weighted by Crippen LogP contribution is 2.31. The van der Waals surface area contributed by atoms with Crippen molar-refractivity contribution in [3.8, 4) is 0 Å². The number of hydrogen-bond acceptors (Lipinski definition) is 4. The summed E-state index contributed by atoms with van der Waals surface area (Å²) in [6.45, 7) is 1.70. The van der Waals surface area contributed by atoms with Gasteiger partial charge in [-0.25, -0.2) is 4.79 Å². The molecule has 3 rings (SSSR count). The van der Waals surface area contributed by atoms with Gasteiger partial charge in [-0.1, -0.05) is 36.4 Å². The molecule has 0 spiro atoms. The zero-order valence-electron chi connectivity index (χ0n) is 10.8. The van der Waals surface area contributed by atoms with E-state index in [-0.39, 0.29) is 5.56 Å². The molecule has 0 radical (unpaired) electrons. The molecule has 4 nitrogen and oxygen atoms in total. The molecule has 2 aromatic carbocycles. The van der Waals surface area contributed by atoms with Gasteiger partial charge in [-0.2, -0.15) is 4.37 Å². The van der Waals surface area contributed by atoms with Crippen LogP contribution in [0.3, 0.4) is 0 Å². The molecule has 0 fully saturated rings. The largest absolute Gasteiger partial charge is 0.478 e. The third-order valence-electron chi connectivity index (χ3n) is 3.11. The van der Waals surface area contributed by atoms with Gasteiger partial charge in [-0.15, -0.1) is 0 Å². The highest BCUT2D eigenvalue weighted by Gasteiger charge is 2.17. The van der Waals surface area contributed by atoms with Crippen molar-refractivity contribution >= 4 is 39.0 Å². The van der Waals surface area contributed by atoms with E-state index in [0.717, 1.165) is 16.5 Å². The van der Waals surface area contributed by atoms with Gasteiger partial charge in [0.25, 0.3) is 0 Å². The van der Waals surface area contributed by atoms with E-state index in [2.05, 4.69) is 9.69 Å². The van der Waals surface area contributed by atoms with E-state index < -0.39 is 5.97 Å². The van der Waals surface area contributed by atoms with E-state index in [0.29, 0.717) is 10.7 Å². The average Bonchev–Trinajstić information content (AvgIpc) is 2.80. The Hall–Kier alpha value is -2.40. The van der Waals surface area contributed by atoms with Gasteiger partial charge < -0.3 is 10.4 Å². The van der Waals surface area contributed by atoms with Crippen LogP contribution in [0.2, 0.25) is 0 Å². The zero-order chi connectivity index (χ0) is 14.1. The quantitative estimate of drug-likeness (QED) is 0.761. The SMILES string of the molecule is Cc1nsc(Nc2cccc3ccccc23)c1C(=O)O. The molecule has 0 atom stereocenters. The van der Waals surface area contributed by atoms with Gasteiger partial charge in [0.2, 0.25) is 0 Å². The molecule has 0 unspecified atom stereocenters. The molecular weight excluding hydrogens is 272 g/mol. The van der Waals surface area contributed by atoms with Gasteiger partial charge >= 0.3 is 5.97 Å². The van der Waals surface area contributed by atoms with Gasteiger partial charge in [0.1, 0.15) is 10.6 Å². The summed E-state index contributed by atoms with van der Waals surface area (Å²) in [7, 11) is 0. The topological polar surface area (TPSA) is 62.2 Å². The maximum absolute atomic E-state index is 11.3. The van der Waals surface area contributed by atoms with Crippen LogP contribution in [0.5, 0.6) is 0 Å². The smallest absolute Gasteiger partial charge is 0.340 e. The van der Waals surface area contributed by atoms with Crippen molar-refractivity contribution in [3.63, 3.8) is 0 Å². The molecular formula is C15H12N2O2S. The molecule has 5 heteroatoms. The zero-order valence-corrected chi connectivity index (χ0v) is 11.6. The van der Waals surface area contributed by atoms with Crippen molar-refractivity contribution in [2.75, 3.05) is 5.32 Å². The van der Waals surface area contributed by atoms with E-state index in [1.54, 1.807) is 6.92 Å². The number of fused-ring (bicyclic) bond motifs is 1. The van der Waals surface area contributed by atoms with Crippen LogP contribution in [0, 0.1) is 6.92 Å². The number of aryl methyl sites for hydroxylation is 1. The molecule has 0 saturated heterocycles. The fraction of sp³-hybridized carbons (Fsp3) is 0.0667. The van der Waals surface area contributed by atoms with Crippen molar-refractivity contribution < 1.29 is 9.90 Å². The van der Waals surface area contributed by atoms with Gasteiger partial charge in [-0.3, -0.25) is 0 Å². The highest BCUT2D eigenvalue weighted by molar-refractivity contribution is 7.10. The number of carboxylic acid groups (broad SMARTS) is 1. The highest BCUT2D eigenvalue weighted by atomic mass is 32.1. The average molecular weight is 284 g/mol. The number of rotatable bonds is 3. The first-order valence-corrected chi connectivity index (χ1v) is 6.88. The molecule has 1 heterocycles. The normalized spacial score (nSPS) is 10.7. The molecule has 20 heavy (non-hydrogen) atoms. The number of nitrogens with one attached hydrogen (secondary N) is 1. The number of carbonyl (C=O) groups is 1. The molecule has 0 aliphatic carbocycles. The number of nitrogens with zero attached hydrogens (tertiary/aromatic N) is 1. The minimum absolute atomic E-state index is 0.239. The predicted molar refractivity (Wildman–Crippen MR) is 81.0 cm³/mol. The molecule has 0 aliphatic rings. The number of benzene rings is 2. The van der Waals surface area contributed by atoms with Crippen molar-refractivity contribution in [2.45, 2.75) is 6.92 Å². The Morgan fingerprint density at radius 1 is 1.20 bits per heavy atom. The van der Waals surface area contributed by atoms with Crippen LogP contribution in [-0.4, -0.2) is 15.4 Å². The van der Waals surface area contributed by atoms with E-state index in [4.69, 9.17) is 0 Å². The summed E-state index contributed by atoms with van der Waals surface area (Å²) in [6.07, 6.45) is 0. The summed E-state index contributed by atoms with van der Waals surface area (Å²) in [6, 6.07) is 13.9. The molecule has 0 bridgehead atoms. The third-order valence-corrected chi connectivity index (χ3v) is 3.97. The second-order valence-electron chi connectivity index (χ2n) is 4.43. The first-order valence-electron chi connectivity index (χ1n) is 6.11. The summed E-state index contributed by atoms with van der Waals surface area (Å²) >= 11 is 1.17. The molecule has 0 saturated carbocycles. The number of carboxylic acids is 1. The first-order chi connectivity index (χ1) is 9.66. The monoisotopic (exact) mass is 284 g/mol. The van der Waals surface area contributed by atoms with E-state index in [9.17, 15) is 9.90 Å². The van der Waals surface area contributed by atoms with Crippen molar-refractivity contribution in [3.05, 3.63) is 53.7 Å². The number of anilines is 2. The predicted octanol–water partition coefficient (Wildman–Crippen LogP) is 4.05. The molecule has 0 aliphatic heterocycles. The van der Waals surface area contributed by atoms with Crippen LogP contribution in [-0.2, 0) is 0 Å². The lowest BCUT2D eigenvalue weighted by Crippen LogP contribution is -2.01. The summed E-state index contributed by atoms with van der Waals surface area (Å²) in [5.74, 6) is -0.959. The van der Waals surface area contributed by atoms with Crippen molar-refractivity contribution in [1.29, 1.82) is 0 Å². The van der Waals surface area contributed by atoms with Crippen LogP contribution in [0.4, 0.5) is 10.7 Å². The molecule has 0 amide bonds. The molecule has 100 valence electrons. The fourth-order valence-corrected chi connectivity index (χ4v) is 2.97. The summed E-state index contributed by atoms with van der Waals surface area (Å²) < 4.78 is 4.11. The lowest BCUT2D eigenvalue weighted by atomic mass is 10.1. The first kappa shape index (κ1) is 12.6. The van der Waals surface area contributed by atoms with E-state index >= 15 is 0 Å². The Labute approximate surface area is 119 Å². The van der Waals surface area contributed by atoms with Crippen LogP contribution >= 0.6 is 11.5 Å².